The second-order valence-corrected chi connectivity index (χ2v) is 6.35. The first kappa shape index (κ1) is 13.7. The van der Waals surface area contributed by atoms with E-state index in [9.17, 15) is 0 Å². The standard InChI is InChI=1S/C16H26N4/c1-13-4-6-14(7-5-13)19-9-11-20(12-10-19)16-15(17)3-2-8-18-16/h2-3,8,13-14H,4-7,9-12,17H2,1H3. The molecule has 2 heterocycles. The maximum atomic E-state index is 6.03. The van der Waals surface area contributed by atoms with E-state index in [-0.39, 0.29) is 0 Å². The van der Waals surface area contributed by atoms with Crippen molar-refractivity contribution in [3.63, 3.8) is 0 Å². The van der Waals surface area contributed by atoms with Gasteiger partial charge in [-0.2, -0.15) is 0 Å². The maximum absolute atomic E-state index is 6.03. The predicted molar refractivity (Wildman–Crippen MR) is 83.9 cm³/mol. The fraction of sp³-hybridized carbons (Fsp3) is 0.688. The minimum absolute atomic E-state index is 0.799. The first-order chi connectivity index (χ1) is 9.74. The van der Waals surface area contributed by atoms with Crippen LogP contribution in [0.2, 0.25) is 0 Å². The van der Waals surface area contributed by atoms with Crippen molar-refractivity contribution < 1.29 is 0 Å². The summed E-state index contributed by atoms with van der Waals surface area (Å²) in [5.41, 5.74) is 6.82. The van der Waals surface area contributed by atoms with E-state index in [1.165, 1.54) is 25.7 Å². The van der Waals surface area contributed by atoms with Gasteiger partial charge in [0, 0.05) is 38.4 Å². The van der Waals surface area contributed by atoms with E-state index < -0.39 is 0 Å². The molecule has 0 unspecified atom stereocenters. The third kappa shape index (κ3) is 2.90. The number of pyridine rings is 1. The molecule has 0 radical (unpaired) electrons. The average Bonchev–Trinajstić information content (AvgIpc) is 2.49. The molecule has 1 saturated heterocycles. The van der Waals surface area contributed by atoms with Gasteiger partial charge in [0.05, 0.1) is 5.69 Å². The highest BCUT2D eigenvalue weighted by atomic mass is 15.3. The molecule has 1 saturated carbocycles. The smallest absolute Gasteiger partial charge is 0.151 e. The molecule has 110 valence electrons. The number of rotatable bonds is 2. The summed E-state index contributed by atoms with van der Waals surface area (Å²) >= 11 is 0. The van der Waals surface area contributed by atoms with Crippen molar-refractivity contribution in [1.82, 2.24) is 9.88 Å². The highest BCUT2D eigenvalue weighted by Gasteiger charge is 2.27. The SMILES string of the molecule is CC1CCC(N2CCN(c3ncccc3N)CC2)CC1. The highest BCUT2D eigenvalue weighted by Crippen LogP contribution is 2.28. The van der Waals surface area contributed by atoms with Crippen LogP contribution < -0.4 is 10.6 Å². The zero-order valence-corrected chi connectivity index (χ0v) is 12.5. The average molecular weight is 274 g/mol. The van der Waals surface area contributed by atoms with E-state index in [0.717, 1.165) is 49.6 Å². The van der Waals surface area contributed by atoms with Crippen molar-refractivity contribution in [1.29, 1.82) is 0 Å². The molecular formula is C16H26N4. The molecule has 3 rings (SSSR count). The van der Waals surface area contributed by atoms with Crippen LogP contribution in [0.15, 0.2) is 18.3 Å². The van der Waals surface area contributed by atoms with Gasteiger partial charge in [0.15, 0.2) is 5.82 Å². The summed E-state index contributed by atoms with van der Waals surface area (Å²) < 4.78 is 0. The minimum Gasteiger partial charge on any atom is -0.396 e. The number of hydrogen-bond acceptors (Lipinski definition) is 4. The first-order valence-electron chi connectivity index (χ1n) is 7.93. The molecule has 2 aliphatic rings. The van der Waals surface area contributed by atoms with E-state index in [1.54, 1.807) is 0 Å². The Hall–Kier alpha value is -1.29. The van der Waals surface area contributed by atoms with Crippen LogP contribution in [0, 0.1) is 5.92 Å². The van der Waals surface area contributed by atoms with Crippen LogP contribution in [0.25, 0.3) is 0 Å². The van der Waals surface area contributed by atoms with E-state index in [4.69, 9.17) is 5.73 Å². The summed E-state index contributed by atoms with van der Waals surface area (Å²) in [4.78, 5) is 9.44. The number of nitrogens with two attached hydrogens (primary N) is 1. The molecule has 1 aliphatic carbocycles. The van der Waals surface area contributed by atoms with Crippen LogP contribution in [0.4, 0.5) is 11.5 Å². The zero-order chi connectivity index (χ0) is 13.9. The Kier molecular flexibility index (Phi) is 4.10. The number of aromatic nitrogens is 1. The Labute approximate surface area is 122 Å². The van der Waals surface area contributed by atoms with Gasteiger partial charge >= 0.3 is 0 Å². The molecule has 0 spiro atoms. The molecule has 1 aromatic rings. The van der Waals surface area contributed by atoms with Gasteiger partial charge in [0.1, 0.15) is 0 Å². The molecule has 4 nitrogen and oxygen atoms in total. The largest absolute Gasteiger partial charge is 0.396 e. The number of nitrogens with zero attached hydrogens (tertiary/aromatic N) is 3. The molecule has 0 bridgehead atoms. The number of piperazine rings is 1. The van der Waals surface area contributed by atoms with Crippen LogP contribution in [0.1, 0.15) is 32.6 Å². The van der Waals surface area contributed by atoms with E-state index >= 15 is 0 Å². The van der Waals surface area contributed by atoms with Crippen molar-refractivity contribution in [2.24, 2.45) is 5.92 Å². The second kappa shape index (κ2) is 6.00. The zero-order valence-electron chi connectivity index (χ0n) is 12.5. The van der Waals surface area contributed by atoms with Crippen molar-refractivity contribution in [2.45, 2.75) is 38.6 Å². The third-order valence-electron chi connectivity index (χ3n) is 4.93. The molecule has 2 N–H and O–H groups in total. The van der Waals surface area contributed by atoms with Crippen LogP contribution in [0.5, 0.6) is 0 Å². The second-order valence-electron chi connectivity index (χ2n) is 6.35. The number of nitrogen functional groups attached to an aromatic ring is 1. The quantitative estimate of drug-likeness (QED) is 0.899. The van der Waals surface area contributed by atoms with Crippen LogP contribution in [-0.2, 0) is 0 Å². The Balaban J connectivity index is 1.56. The fourth-order valence-electron chi connectivity index (χ4n) is 3.58. The topological polar surface area (TPSA) is 45.4 Å². The first-order valence-corrected chi connectivity index (χ1v) is 7.93. The van der Waals surface area contributed by atoms with Crippen LogP contribution in [-0.4, -0.2) is 42.1 Å². The molecule has 0 atom stereocenters. The third-order valence-corrected chi connectivity index (χ3v) is 4.93. The Morgan fingerprint density at radius 3 is 2.45 bits per heavy atom. The molecule has 4 heteroatoms. The van der Waals surface area contributed by atoms with Gasteiger partial charge in [0.2, 0.25) is 0 Å². The monoisotopic (exact) mass is 274 g/mol. The van der Waals surface area contributed by atoms with E-state index in [1.807, 2.05) is 18.3 Å². The number of anilines is 2. The van der Waals surface area contributed by atoms with Gasteiger partial charge in [-0.3, -0.25) is 4.90 Å². The van der Waals surface area contributed by atoms with Gasteiger partial charge in [-0.05, 0) is 43.7 Å². The molecule has 0 aromatic carbocycles. The van der Waals surface area contributed by atoms with E-state index in [0.29, 0.717) is 0 Å². The van der Waals surface area contributed by atoms with E-state index in [2.05, 4.69) is 21.7 Å². The lowest BCUT2D eigenvalue weighted by atomic mass is 9.86. The van der Waals surface area contributed by atoms with Gasteiger partial charge in [-0.25, -0.2) is 4.98 Å². The molecular weight excluding hydrogens is 248 g/mol. The van der Waals surface area contributed by atoms with Crippen molar-refractivity contribution in [3.05, 3.63) is 18.3 Å². The number of hydrogen-bond donors (Lipinski definition) is 1. The lowest BCUT2D eigenvalue weighted by Crippen LogP contribution is -2.51. The minimum atomic E-state index is 0.799. The van der Waals surface area contributed by atoms with Gasteiger partial charge in [0.25, 0.3) is 0 Å². The molecule has 0 amide bonds. The van der Waals surface area contributed by atoms with Gasteiger partial charge in [-0.1, -0.05) is 6.92 Å². The molecule has 2 fully saturated rings. The van der Waals surface area contributed by atoms with Crippen molar-refractivity contribution in [3.8, 4) is 0 Å². The summed E-state index contributed by atoms with van der Waals surface area (Å²) in [6, 6.07) is 4.66. The van der Waals surface area contributed by atoms with Crippen molar-refractivity contribution in [2.75, 3.05) is 36.8 Å². The molecule has 1 aliphatic heterocycles. The van der Waals surface area contributed by atoms with Gasteiger partial charge in [-0.15, -0.1) is 0 Å². The van der Waals surface area contributed by atoms with Crippen LogP contribution >= 0.6 is 0 Å². The van der Waals surface area contributed by atoms with Gasteiger partial charge < -0.3 is 10.6 Å². The summed E-state index contributed by atoms with van der Waals surface area (Å²) in [5.74, 6) is 1.89. The lowest BCUT2D eigenvalue weighted by Gasteiger charge is -2.42. The summed E-state index contributed by atoms with van der Waals surface area (Å²) in [6.07, 6.45) is 7.40. The lowest BCUT2D eigenvalue weighted by molar-refractivity contribution is 0.132. The van der Waals surface area contributed by atoms with Crippen LogP contribution in [0.3, 0.4) is 0 Å². The summed E-state index contributed by atoms with van der Waals surface area (Å²) in [6.45, 7) is 6.78. The predicted octanol–water partition coefficient (Wildman–Crippen LogP) is 2.36. The summed E-state index contributed by atoms with van der Waals surface area (Å²) in [5, 5.41) is 0. The summed E-state index contributed by atoms with van der Waals surface area (Å²) in [7, 11) is 0. The normalized spacial score (nSPS) is 28.6. The molecule has 1 aromatic heterocycles. The van der Waals surface area contributed by atoms with Crippen molar-refractivity contribution >= 4 is 11.5 Å². The Morgan fingerprint density at radius 2 is 1.80 bits per heavy atom. The fourth-order valence-corrected chi connectivity index (χ4v) is 3.58. The maximum Gasteiger partial charge on any atom is 0.151 e. The molecule has 20 heavy (non-hydrogen) atoms. The highest BCUT2D eigenvalue weighted by molar-refractivity contribution is 5.62. The Bertz CT molecular complexity index is 432. The Morgan fingerprint density at radius 1 is 1.10 bits per heavy atom.